The molecule has 1 aromatic rings. The Labute approximate surface area is 107 Å². The number of hydrogen-bond donors (Lipinski definition) is 1. The number of rotatable bonds is 3. The summed E-state index contributed by atoms with van der Waals surface area (Å²) in [4.78, 5) is 2.13. The monoisotopic (exact) mass is 253 g/mol. The van der Waals surface area contributed by atoms with Crippen LogP contribution in [0.1, 0.15) is 19.4 Å². The number of halogens is 1. The van der Waals surface area contributed by atoms with Crippen molar-refractivity contribution in [2.45, 2.75) is 32.1 Å². The number of ether oxygens (including phenoxy) is 1. The first kappa shape index (κ1) is 13.5. The van der Waals surface area contributed by atoms with E-state index in [1.807, 2.05) is 19.9 Å². The third-order valence-electron chi connectivity index (χ3n) is 3.11. The molecule has 100 valence electrons. The Morgan fingerprint density at radius 3 is 2.83 bits per heavy atom. The van der Waals surface area contributed by atoms with Crippen molar-refractivity contribution in [3.63, 3.8) is 0 Å². The normalized spacial score (nSPS) is 24.1. The van der Waals surface area contributed by atoms with Gasteiger partial charge in [-0.2, -0.15) is 0 Å². The molecule has 0 bridgehead atoms. The minimum atomic E-state index is -0.309. The van der Waals surface area contributed by atoms with Crippen molar-refractivity contribution in [2.24, 2.45) is 0 Å². The van der Waals surface area contributed by atoms with E-state index in [4.69, 9.17) is 4.74 Å². The summed E-state index contributed by atoms with van der Waals surface area (Å²) < 4.78 is 19.3. The second-order valence-corrected chi connectivity index (χ2v) is 5.44. The molecule has 1 fully saturated rings. The minimum Gasteiger partial charge on any atom is -0.394 e. The molecular formula is C14H20FNO2. The van der Waals surface area contributed by atoms with Crippen molar-refractivity contribution in [1.29, 1.82) is 0 Å². The number of aliphatic hydroxyl groups excluding tert-OH is 1. The van der Waals surface area contributed by atoms with Crippen molar-refractivity contribution < 1.29 is 14.2 Å². The first-order valence-corrected chi connectivity index (χ1v) is 6.24. The molecule has 18 heavy (non-hydrogen) atoms. The van der Waals surface area contributed by atoms with Crippen LogP contribution < -0.4 is 0 Å². The van der Waals surface area contributed by atoms with Crippen LogP contribution in [0.15, 0.2) is 24.3 Å². The molecular weight excluding hydrogens is 233 g/mol. The summed E-state index contributed by atoms with van der Waals surface area (Å²) >= 11 is 0. The Morgan fingerprint density at radius 1 is 1.44 bits per heavy atom. The topological polar surface area (TPSA) is 32.7 Å². The van der Waals surface area contributed by atoms with Crippen LogP contribution in [0.5, 0.6) is 0 Å². The van der Waals surface area contributed by atoms with Gasteiger partial charge in [-0.3, -0.25) is 4.90 Å². The maximum Gasteiger partial charge on any atom is 0.127 e. The van der Waals surface area contributed by atoms with Crippen molar-refractivity contribution in [1.82, 2.24) is 4.90 Å². The zero-order valence-corrected chi connectivity index (χ0v) is 10.9. The lowest BCUT2D eigenvalue weighted by atomic mass is 10.0. The number of benzene rings is 1. The van der Waals surface area contributed by atoms with E-state index >= 15 is 0 Å². The molecule has 0 saturated carbocycles. The zero-order valence-electron chi connectivity index (χ0n) is 10.9. The third-order valence-corrected chi connectivity index (χ3v) is 3.11. The average Bonchev–Trinajstić information content (AvgIpc) is 2.30. The van der Waals surface area contributed by atoms with Crippen LogP contribution in [-0.4, -0.2) is 41.4 Å². The second kappa shape index (κ2) is 5.34. The highest BCUT2D eigenvalue weighted by atomic mass is 19.1. The van der Waals surface area contributed by atoms with E-state index in [0.29, 0.717) is 18.7 Å². The summed E-state index contributed by atoms with van der Waals surface area (Å²) in [6.45, 7) is 5.89. The van der Waals surface area contributed by atoms with E-state index in [1.54, 1.807) is 12.1 Å². The number of hydrogen-bond acceptors (Lipinski definition) is 3. The van der Waals surface area contributed by atoms with Gasteiger partial charge in [-0.05, 0) is 19.9 Å². The Hall–Kier alpha value is -0.970. The molecule has 1 aliphatic rings. The molecule has 1 aromatic carbocycles. The largest absolute Gasteiger partial charge is 0.394 e. The van der Waals surface area contributed by atoms with Gasteiger partial charge >= 0.3 is 0 Å². The Bertz CT molecular complexity index is 409. The number of morpholine rings is 1. The molecule has 2 rings (SSSR count). The molecule has 1 N–H and O–H groups in total. The van der Waals surface area contributed by atoms with Gasteiger partial charge in [0.15, 0.2) is 0 Å². The van der Waals surface area contributed by atoms with Crippen LogP contribution in [0.3, 0.4) is 0 Å². The second-order valence-electron chi connectivity index (χ2n) is 5.44. The van der Waals surface area contributed by atoms with Crippen LogP contribution in [0, 0.1) is 5.82 Å². The fraction of sp³-hybridized carbons (Fsp3) is 0.571. The first-order valence-electron chi connectivity index (χ1n) is 6.24. The van der Waals surface area contributed by atoms with Gasteiger partial charge in [0.05, 0.1) is 18.3 Å². The van der Waals surface area contributed by atoms with E-state index in [1.165, 1.54) is 6.07 Å². The molecule has 1 unspecified atom stereocenters. The van der Waals surface area contributed by atoms with Gasteiger partial charge in [-0.15, -0.1) is 0 Å². The maximum absolute atomic E-state index is 13.6. The lowest BCUT2D eigenvalue weighted by Crippen LogP contribution is -2.53. The number of nitrogens with zero attached hydrogens (tertiary/aromatic N) is 1. The zero-order chi connectivity index (χ0) is 13.2. The van der Waals surface area contributed by atoms with Crippen LogP contribution in [0.4, 0.5) is 4.39 Å². The first-order chi connectivity index (χ1) is 8.50. The van der Waals surface area contributed by atoms with Gasteiger partial charge in [0.25, 0.3) is 0 Å². The SMILES string of the molecule is CC1(C)CN(Cc2ccccc2F)CC(CO)O1. The highest BCUT2D eigenvalue weighted by Crippen LogP contribution is 2.22. The predicted molar refractivity (Wildman–Crippen MR) is 67.7 cm³/mol. The van der Waals surface area contributed by atoms with Crippen molar-refractivity contribution in [3.05, 3.63) is 35.6 Å². The quantitative estimate of drug-likeness (QED) is 0.891. The van der Waals surface area contributed by atoms with Gasteiger partial charge in [0.1, 0.15) is 5.82 Å². The van der Waals surface area contributed by atoms with Crippen molar-refractivity contribution >= 4 is 0 Å². The smallest absolute Gasteiger partial charge is 0.127 e. The van der Waals surface area contributed by atoms with Gasteiger partial charge in [-0.1, -0.05) is 18.2 Å². The molecule has 4 heteroatoms. The van der Waals surface area contributed by atoms with Crippen LogP contribution in [-0.2, 0) is 11.3 Å². The van der Waals surface area contributed by atoms with E-state index in [9.17, 15) is 9.50 Å². The summed E-state index contributed by atoms with van der Waals surface area (Å²) in [5.41, 5.74) is 0.378. The minimum absolute atomic E-state index is 0.00278. The van der Waals surface area contributed by atoms with Crippen LogP contribution in [0.25, 0.3) is 0 Å². The summed E-state index contributed by atoms with van der Waals surface area (Å²) in [6.07, 6.45) is -0.194. The van der Waals surface area contributed by atoms with Gasteiger partial charge in [0, 0.05) is 25.2 Å². The van der Waals surface area contributed by atoms with E-state index in [0.717, 1.165) is 6.54 Å². The summed E-state index contributed by atoms with van der Waals surface area (Å²) in [6, 6.07) is 6.81. The lowest BCUT2D eigenvalue weighted by molar-refractivity contribution is -0.150. The highest BCUT2D eigenvalue weighted by Gasteiger charge is 2.33. The van der Waals surface area contributed by atoms with Crippen LogP contribution >= 0.6 is 0 Å². The summed E-state index contributed by atoms with van der Waals surface area (Å²) in [5, 5.41) is 9.24. The van der Waals surface area contributed by atoms with E-state index in [2.05, 4.69) is 4.90 Å². The Morgan fingerprint density at radius 2 is 2.17 bits per heavy atom. The Kier molecular flexibility index (Phi) is 4.00. The van der Waals surface area contributed by atoms with Gasteiger partial charge < -0.3 is 9.84 Å². The molecule has 1 aliphatic heterocycles. The molecule has 1 saturated heterocycles. The Balaban J connectivity index is 2.07. The van der Waals surface area contributed by atoms with Crippen molar-refractivity contribution in [2.75, 3.05) is 19.7 Å². The average molecular weight is 253 g/mol. The maximum atomic E-state index is 13.6. The summed E-state index contributed by atoms with van der Waals surface area (Å²) in [7, 11) is 0. The van der Waals surface area contributed by atoms with Crippen LogP contribution in [0.2, 0.25) is 0 Å². The molecule has 1 heterocycles. The van der Waals surface area contributed by atoms with E-state index in [-0.39, 0.29) is 24.1 Å². The predicted octanol–water partition coefficient (Wildman–Crippen LogP) is 1.80. The van der Waals surface area contributed by atoms with E-state index < -0.39 is 0 Å². The molecule has 0 aliphatic carbocycles. The van der Waals surface area contributed by atoms with Gasteiger partial charge in [-0.25, -0.2) is 4.39 Å². The molecule has 0 amide bonds. The van der Waals surface area contributed by atoms with Crippen molar-refractivity contribution in [3.8, 4) is 0 Å². The highest BCUT2D eigenvalue weighted by molar-refractivity contribution is 5.17. The lowest BCUT2D eigenvalue weighted by Gasteiger charge is -2.42. The number of aliphatic hydroxyl groups is 1. The molecule has 1 atom stereocenters. The summed E-state index contributed by atoms with van der Waals surface area (Å²) in [5.74, 6) is -0.178. The molecule has 0 spiro atoms. The standard InChI is InChI=1S/C14H20FNO2/c1-14(2)10-16(8-12(9-17)18-14)7-11-5-3-4-6-13(11)15/h3-6,12,17H,7-10H2,1-2H3. The third kappa shape index (κ3) is 3.28. The molecule has 0 radical (unpaired) electrons. The fourth-order valence-corrected chi connectivity index (χ4v) is 2.50. The van der Waals surface area contributed by atoms with Gasteiger partial charge in [0.2, 0.25) is 0 Å². The molecule has 0 aromatic heterocycles. The fourth-order valence-electron chi connectivity index (χ4n) is 2.50. The molecule has 3 nitrogen and oxygen atoms in total.